The van der Waals surface area contributed by atoms with Gasteiger partial charge in [0.2, 0.25) is 5.88 Å². The van der Waals surface area contributed by atoms with Crippen molar-refractivity contribution in [3.63, 3.8) is 0 Å². The average Bonchev–Trinajstić information content (AvgIpc) is 3.63. The van der Waals surface area contributed by atoms with Gasteiger partial charge >= 0.3 is 6.09 Å². The van der Waals surface area contributed by atoms with Gasteiger partial charge in [0, 0.05) is 43.9 Å². The summed E-state index contributed by atoms with van der Waals surface area (Å²) in [5.74, 6) is 2.10. The summed E-state index contributed by atoms with van der Waals surface area (Å²) >= 11 is 0. The van der Waals surface area contributed by atoms with Crippen LogP contribution in [0.4, 0.5) is 16.4 Å². The molecule has 0 N–H and O–H groups in total. The molecule has 12 heteroatoms. The van der Waals surface area contributed by atoms with E-state index in [1.54, 1.807) is 11.2 Å². The Morgan fingerprint density at radius 1 is 0.889 bits per heavy atom. The van der Waals surface area contributed by atoms with Crippen LogP contribution in [0.15, 0.2) is 96.4 Å². The van der Waals surface area contributed by atoms with Gasteiger partial charge in [-0.25, -0.2) is 24.4 Å². The second kappa shape index (κ2) is 14.9. The quantitative estimate of drug-likeness (QED) is 0.150. The number of fused-ring (bicyclic) bond motifs is 2. The SMILES string of the molecule is Cc1ccc2c(cnn2C2CCCCO2)c1Oc1nc(N=C(c2ccccc2)c2ccccc2)cc2c(N3CCN(C(=O)OC(C)(C)C)CC3)ncnc12. The highest BCUT2D eigenvalue weighted by Gasteiger charge is 2.28. The van der Waals surface area contributed by atoms with Crippen molar-refractivity contribution in [1.82, 2.24) is 29.6 Å². The minimum absolute atomic E-state index is 0.121. The predicted molar refractivity (Wildman–Crippen MR) is 209 cm³/mol. The molecule has 0 aliphatic carbocycles. The summed E-state index contributed by atoms with van der Waals surface area (Å²) in [4.78, 5) is 36.6. The predicted octanol–water partition coefficient (Wildman–Crippen LogP) is 8.40. The fourth-order valence-electron chi connectivity index (χ4n) is 7.00. The number of anilines is 1. The van der Waals surface area contributed by atoms with E-state index < -0.39 is 5.60 Å². The summed E-state index contributed by atoms with van der Waals surface area (Å²) in [6.45, 7) is 10.5. The molecule has 8 rings (SSSR count). The third kappa shape index (κ3) is 7.34. The van der Waals surface area contributed by atoms with Crippen LogP contribution >= 0.6 is 0 Å². The maximum atomic E-state index is 12.9. The lowest BCUT2D eigenvalue weighted by Gasteiger charge is -2.36. The van der Waals surface area contributed by atoms with E-state index in [-0.39, 0.29) is 12.3 Å². The van der Waals surface area contributed by atoms with Crippen LogP contribution in [0.5, 0.6) is 11.6 Å². The second-order valence-corrected chi connectivity index (χ2v) is 14.7. The number of aliphatic imine (C=N–C) groups is 1. The van der Waals surface area contributed by atoms with Gasteiger partial charge in [-0.2, -0.15) is 10.1 Å². The van der Waals surface area contributed by atoms with Crippen molar-refractivity contribution in [2.45, 2.75) is 58.8 Å². The van der Waals surface area contributed by atoms with Crippen molar-refractivity contribution in [3.05, 3.63) is 108 Å². The molecule has 2 aliphatic heterocycles. The number of amides is 1. The van der Waals surface area contributed by atoms with Crippen LogP contribution in [0.2, 0.25) is 0 Å². The van der Waals surface area contributed by atoms with Crippen LogP contribution < -0.4 is 9.64 Å². The molecule has 1 atom stereocenters. The van der Waals surface area contributed by atoms with E-state index in [9.17, 15) is 4.79 Å². The molecule has 0 bridgehead atoms. The molecule has 1 unspecified atom stereocenters. The maximum absolute atomic E-state index is 12.9. The Hall–Kier alpha value is -5.88. The van der Waals surface area contributed by atoms with Gasteiger partial charge in [0.25, 0.3) is 0 Å². The van der Waals surface area contributed by atoms with Crippen molar-refractivity contribution in [1.29, 1.82) is 0 Å². The molecule has 2 saturated heterocycles. The summed E-state index contributed by atoms with van der Waals surface area (Å²) in [6, 6.07) is 26.2. The van der Waals surface area contributed by atoms with Gasteiger partial charge in [-0.15, -0.1) is 0 Å². The van der Waals surface area contributed by atoms with Crippen LogP contribution in [0.3, 0.4) is 0 Å². The molecule has 3 aromatic carbocycles. The van der Waals surface area contributed by atoms with Crippen LogP contribution in [-0.2, 0) is 9.47 Å². The summed E-state index contributed by atoms with van der Waals surface area (Å²) in [6.07, 6.45) is 6.00. The number of piperazine rings is 1. The Kier molecular flexibility index (Phi) is 9.68. The number of hydrogen-bond acceptors (Lipinski definition) is 10. The molecule has 5 heterocycles. The third-order valence-electron chi connectivity index (χ3n) is 9.66. The largest absolute Gasteiger partial charge is 0.444 e. The first kappa shape index (κ1) is 35.2. The number of aromatic nitrogens is 5. The Morgan fingerprint density at radius 3 is 2.28 bits per heavy atom. The molecule has 276 valence electrons. The fraction of sp³-hybridized carbons (Fsp3) is 0.333. The topological polar surface area (TPSA) is 120 Å². The number of carbonyl (C=O) groups excluding carboxylic acids is 1. The highest BCUT2D eigenvalue weighted by Crippen LogP contribution is 2.39. The average molecular weight is 725 g/mol. The van der Waals surface area contributed by atoms with Crippen LogP contribution in [0.25, 0.3) is 21.8 Å². The van der Waals surface area contributed by atoms with Gasteiger partial charge < -0.3 is 24.0 Å². The molecule has 6 aromatic rings. The fourth-order valence-corrected chi connectivity index (χ4v) is 7.00. The lowest BCUT2D eigenvalue weighted by atomic mass is 10.0. The Bertz CT molecular complexity index is 2270. The molecule has 0 spiro atoms. The van der Waals surface area contributed by atoms with E-state index in [2.05, 4.69) is 11.0 Å². The van der Waals surface area contributed by atoms with E-state index in [0.29, 0.717) is 55.0 Å². The van der Waals surface area contributed by atoms with Crippen LogP contribution in [0, 0.1) is 6.92 Å². The standard InChI is InChI=1S/C42H44N8O4/c1-28-18-19-33-32(26-45-50(33)35-17-11-12-24-52-35)38(28)53-40-37-31(39(44-27-43-37)48-20-22-49(23-21-48)41(51)54-42(2,3)4)25-34(47-40)46-36(29-13-7-5-8-14-29)30-15-9-6-10-16-30/h5-10,13-16,18-19,25-27,35H,11-12,17,20-24H2,1-4H3. The van der Waals surface area contributed by atoms with Gasteiger partial charge in [-0.3, -0.25) is 0 Å². The molecule has 2 fully saturated rings. The first-order valence-electron chi connectivity index (χ1n) is 18.6. The number of carbonyl (C=O) groups is 1. The minimum atomic E-state index is -0.569. The van der Waals surface area contributed by atoms with Crippen molar-refractivity contribution in [2.24, 2.45) is 4.99 Å². The summed E-state index contributed by atoms with van der Waals surface area (Å²) in [5, 5.41) is 6.36. The Labute approximate surface area is 314 Å². The van der Waals surface area contributed by atoms with Crippen LogP contribution in [-0.4, -0.2) is 79.8 Å². The zero-order chi connectivity index (χ0) is 37.2. The number of hydrogen-bond donors (Lipinski definition) is 0. The number of pyridine rings is 1. The van der Waals surface area contributed by atoms with Gasteiger partial charge in [-0.05, 0) is 64.7 Å². The number of nitrogens with zero attached hydrogens (tertiary/aromatic N) is 8. The van der Waals surface area contributed by atoms with E-state index in [1.807, 2.05) is 111 Å². The first-order valence-corrected chi connectivity index (χ1v) is 18.6. The Balaban J connectivity index is 1.24. The molecular formula is C42H44N8O4. The van der Waals surface area contributed by atoms with E-state index >= 15 is 0 Å². The molecule has 12 nitrogen and oxygen atoms in total. The van der Waals surface area contributed by atoms with Crippen molar-refractivity contribution in [2.75, 3.05) is 37.7 Å². The first-order chi connectivity index (χ1) is 26.2. The van der Waals surface area contributed by atoms with Gasteiger partial charge in [0.05, 0.1) is 28.2 Å². The van der Waals surface area contributed by atoms with E-state index in [0.717, 1.165) is 64.6 Å². The zero-order valence-corrected chi connectivity index (χ0v) is 31.1. The smallest absolute Gasteiger partial charge is 0.410 e. The number of aryl methyl sites for hydroxylation is 1. The summed E-state index contributed by atoms with van der Waals surface area (Å²) < 4.78 is 20.6. The maximum Gasteiger partial charge on any atom is 0.410 e. The van der Waals surface area contributed by atoms with E-state index in [1.165, 1.54) is 0 Å². The lowest BCUT2D eigenvalue weighted by molar-refractivity contribution is -0.0366. The molecule has 0 saturated carbocycles. The highest BCUT2D eigenvalue weighted by atomic mass is 16.6. The zero-order valence-electron chi connectivity index (χ0n) is 31.1. The molecule has 3 aromatic heterocycles. The van der Waals surface area contributed by atoms with Crippen molar-refractivity contribution < 1.29 is 19.0 Å². The number of ether oxygens (including phenoxy) is 3. The summed E-state index contributed by atoms with van der Waals surface area (Å²) in [5.41, 5.74) is 4.51. The Morgan fingerprint density at radius 2 is 1.61 bits per heavy atom. The van der Waals surface area contributed by atoms with Gasteiger partial charge in [0.1, 0.15) is 29.0 Å². The summed E-state index contributed by atoms with van der Waals surface area (Å²) in [7, 11) is 0. The molecule has 0 radical (unpaired) electrons. The van der Waals surface area contributed by atoms with Crippen molar-refractivity contribution in [3.8, 4) is 11.6 Å². The normalized spacial score (nSPS) is 16.4. The van der Waals surface area contributed by atoms with Gasteiger partial charge in [-0.1, -0.05) is 66.7 Å². The lowest BCUT2D eigenvalue weighted by Crippen LogP contribution is -2.50. The molecule has 2 aliphatic rings. The minimum Gasteiger partial charge on any atom is -0.444 e. The highest BCUT2D eigenvalue weighted by molar-refractivity contribution is 6.14. The monoisotopic (exact) mass is 724 g/mol. The molecular weight excluding hydrogens is 681 g/mol. The van der Waals surface area contributed by atoms with Crippen LogP contribution in [0.1, 0.15) is 63.0 Å². The number of benzene rings is 3. The third-order valence-corrected chi connectivity index (χ3v) is 9.66. The second-order valence-electron chi connectivity index (χ2n) is 14.7. The van der Waals surface area contributed by atoms with Crippen molar-refractivity contribution >= 4 is 45.2 Å². The van der Waals surface area contributed by atoms with E-state index in [4.69, 9.17) is 39.3 Å². The number of rotatable bonds is 7. The van der Waals surface area contributed by atoms with Gasteiger partial charge in [0.15, 0.2) is 12.0 Å². The molecule has 1 amide bonds. The molecule has 54 heavy (non-hydrogen) atoms.